The second-order valence-corrected chi connectivity index (χ2v) is 14.2. The molecule has 10 aromatic carbocycles. The summed E-state index contributed by atoms with van der Waals surface area (Å²) in [5, 5.41) is 11.6. The average molecular weight is 698 g/mol. The van der Waals surface area contributed by atoms with Gasteiger partial charge in [-0.1, -0.05) is 176 Å². The van der Waals surface area contributed by atoms with Gasteiger partial charge in [0, 0.05) is 21.9 Å². The quantitative estimate of drug-likeness (QED) is 0.132. The molecule has 2 heteroatoms. The second kappa shape index (κ2) is 12.3. The summed E-state index contributed by atoms with van der Waals surface area (Å²) in [5.74, 6) is 0. The van der Waals surface area contributed by atoms with E-state index in [0.29, 0.717) is 5.69 Å². The number of rotatable bonds is 4. The fourth-order valence-corrected chi connectivity index (χ4v) is 9.00. The topological polar surface area (TPSA) is 17.5 Å². The highest BCUT2D eigenvalue weighted by molar-refractivity contribution is 6.26. The van der Waals surface area contributed by atoms with Gasteiger partial charge in [-0.05, 0) is 88.6 Å². The van der Waals surface area contributed by atoms with Crippen LogP contribution in [0.15, 0.2) is 192 Å². The monoisotopic (exact) mass is 697 g/mol. The van der Waals surface area contributed by atoms with Crippen molar-refractivity contribution in [1.29, 1.82) is 0 Å². The minimum absolute atomic E-state index is 0.649. The average Bonchev–Trinajstić information content (AvgIpc) is 3.63. The van der Waals surface area contributed by atoms with Gasteiger partial charge in [-0.2, -0.15) is 0 Å². The van der Waals surface area contributed by atoms with Crippen LogP contribution in [0.4, 0.5) is 5.69 Å². The Hall–Kier alpha value is -7.47. The van der Waals surface area contributed by atoms with Crippen LogP contribution in [0.2, 0.25) is 0 Å². The van der Waals surface area contributed by atoms with Crippen molar-refractivity contribution >= 4 is 70.7 Å². The van der Waals surface area contributed by atoms with E-state index in [2.05, 4.69) is 175 Å². The fourth-order valence-electron chi connectivity index (χ4n) is 9.00. The van der Waals surface area contributed by atoms with E-state index in [1.54, 1.807) is 0 Å². The van der Waals surface area contributed by atoms with Crippen molar-refractivity contribution in [3.05, 3.63) is 199 Å². The van der Waals surface area contributed by atoms with Gasteiger partial charge in [-0.25, -0.2) is 4.85 Å². The predicted octanol–water partition coefficient (Wildman–Crippen LogP) is 15.4. The van der Waals surface area contributed by atoms with E-state index >= 15 is 0 Å². The van der Waals surface area contributed by atoms with E-state index in [1.807, 2.05) is 18.2 Å². The smallest absolute Gasteiger partial charge is 0.194 e. The molecule has 254 valence electrons. The molecule has 0 amide bonds. The molecule has 55 heavy (non-hydrogen) atoms. The van der Waals surface area contributed by atoms with Crippen LogP contribution in [0.25, 0.3) is 114 Å². The van der Waals surface area contributed by atoms with Gasteiger partial charge in [0.25, 0.3) is 0 Å². The van der Waals surface area contributed by atoms with Crippen LogP contribution in [-0.4, -0.2) is 0 Å². The number of hydrogen-bond acceptors (Lipinski definition) is 1. The third kappa shape index (κ3) is 4.67. The molecule has 1 heterocycles. The Bertz CT molecular complexity index is 3270. The summed E-state index contributed by atoms with van der Waals surface area (Å²) in [6, 6.07) is 66.7. The predicted molar refractivity (Wildman–Crippen MR) is 232 cm³/mol. The maximum Gasteiger partial charge on any atom is 0.194 e. The van der Waals surface area contributed by atoms with Crippen LogP contribution in [0.3, 0.4) is 0 Å². The fraction of sp³-hybridized carbons (Fsp3) is 0. The molecule has 0 atom stereocenters. The normalized spacial score (nSPS) is 11.6. The number of furan rings is 1. The van der Waals surface area contributed by atoms with Crippen LogP contribution < -0.4 is 0 Å². The van der Waals surface area contributed by atoms with Crippen molar-refractivity contribution < 1.29 is 4.42 Å². The van der Waals surface area contributed by atoms with E-state index in [1.165, 1.54) is 38.2 Å². The largest absolute Gasteiger partial charge is 0.455 e. The Kier molecular flexibility index (Phi) is 6.96. The third-order valence-electron chi connectivity index (χ3n) is 11.3. The van der Waals surface area contributed by atoms with E-state index < -0.39 is 0 Å². The van der Waals surface area contributed by atoms with Gasteiger partial charge in [-0.15, -0.1) is 0 Å². The van der Waals surface area contributed by atoms with Gasteiger partial charge in [0.1, 0.15) is 11.2 Å². The zero-order valence-electron chi connectivity index (χ0n) is 29.8. The molecule has 1 aromatic heterocycles. The highest BCUT2D eigenvalue weighted by atomic mass is 16.3. The molecule has 0 aliphatic heterocycles. The van der Waals surface area contributed by atoms with Crippen LogP contribution >= 0.6 is 0 Å². The highest BCUT2D eigenvalue weighted by Crippen LogP contribution is 2.49. The molecule has 11 rings (SSSR count). The molecule has 0 aliphatic carbocycles. The van der Waals surface area contributed by atoms with Gasteiger partial charge >= 0.3 is 0 Å². The minimum atomic E-state index is 0.649. The number of hydrogen-bond donors (Lipinski definition) is 0. The summed E-state index contributed by atoms with van der Waals surface area (Å²) in [7, 11) is 0. The van der Waals surface area contributed by atoms with Gasteiger partial charge < -0.3 is 4.42 Å². The van der Waals surface area contributed by atoms with Crippen molar-refractivity contribution in [2.75, 3.05) is 0 Å². The lowest BCUT2D eigenvalue weighted by molar-refractivity contribution is 0.670. The molecule has 0 unspecified atom stereocenters. The van der Waals surface area contributed by atoms with E-state index in [-0.39, 0.29) is 0 Å². The molecule has 2 nitrogen and oxygen atoms in total. The highest BCUT2D eigenvalue weighted by Gasteiger charge is 2.22. The second-order valence-electron chi connectivity index (χ2n) is 14.2. The van der Waals surface area contributed by atoms with E-state index in [9.17, 15) is 0 Å². The summed E-state index contributed by atoms with van der Waals surface area (Å²) in [6.45, 7) is 7.98. The summed E-state index contributed by atoms with van der Waals surface area (Å²) >= 11 is 0. The molecule has 0 fully saturated rings. The number of fused-ring (bicyclic) bond motifs is 7. The standard InChI is InChI=1S/C53H31NO/c1-54-47-29-14-13-26-44(47)51-39-22-9-11-24-41(39)52(42-25-12-10-23-40(42)51)45-28-15-27-43-46-32-34(30-31-48(46)55-53(43)45)50-37-20-7-5-18-35(37)49(33-16-3-2-4-17-33)36-19-6-8-21-38(36)50/h2-32H. The Labute approximate surface area is 318 Å². The molecule has 0 radical (unpaired) electrons. The molecule has 0 aliphatic rings. The molecular weight excluding hydrogens is 667 g/mol. The van der Waals surface area contributed by atoms with Crippen LogP contribution in [0.1, 0.15) is 0 Å². The van der Waals surface area contributed by atoms with Crippen LogP contribution in [0.5, 0.6) is 0 Å². The maximum absolute atomic E-state index is 7.98. The van der Waals surface area contributed by atoms with Gasteiger partial charge in [0.15, 0.2) is 5.69 Å². The van der Waals surface area contributed by atoms with Crippen molar-refractivity contribution in [2.45, 2.75) is 0 Å². The maximum atomic E-state index is 7.98. The minimum Gasteiger partial charge on any atom is -0.455 e. The van der Waals surface area contributed by atoms with E-state index in [4.69, 9.17) is 11.0 Å². The molecular formula is C53H31NO. The first-order valence-corrected chi connectivity index (χ1v) is 18.6. The number of para-hydroxylation sites is 2. The lowest BCUT2D eigenvalue weighted by Crippen LogP contribution is -1.91. The summed E-state index contributed by atoms with van der Waals surface area (Å²) in [6.07, 6.45) is 0. The van der Waals surface area contributed by atoms with Crippen molar-refractivity contribution in [3.8, 4) is 44.5 Å². The van der Waals surface area contributed by atoms with Gasteiger partial charge in [-0.3, -0.25) is 0 Å². The summed E-state index contributed by atoms with van der Waals surface area (Å²) < 4.78 is 6.89. The number of nitrogens with zero attached hydrogens (tertiary/aromatic N) is 1. The Balaban J connectivity index is 1.18. The Morgan fingerprint density at radius 3 is 1.33 bits per heavy atom. The lowest BCUT2D eigenvalue weighted by Gasteiger charge is -2.18. The zero-order valence-corrected chi connectivity index (χ0v) is 29.8. The molecule has 0 bridgehead atoms. The number of benzene rings is 10. The lowest BCUT2D eigenvalue weighted by atomic mass is 9.85. The Morgan fingerprint density at radius 2 is 0.764 bits per heavy atom. The molecule has 0 N–H and O–H groups in total. The molecule has 0 spiro atoms. The van der Waals surface area contributed by atoms with Crippen LogP contribution in [-0.2, 0) is 0 Å². The first-order chi connectivity index (χ1) is 27.3. The molecule has 0 saturated carbocycles. The first-order valence-electron chi connectivity index (χ1n) is 18.6. The van der Waals surface area contributed by atoms with Gasteiger partial charge in [0.2, 0.25) is 0 Å². The van der Waals surface area contributed by atoms with Crippen molar-refractivity contribution in [1.82, 2.24) is 0 Å². The Morgan fingerprint density at radius 1 is 0.327 bits per heavy atom. The first kappa shape index (κ1) is 31.1. The van der Waals surface area contributed by atoms with Crippen LogP contribution in [0, 0.1) is 6.57 Å². The van der Waals surface area contributed by atoms with Crippen molar-refractivity contribution in [2.24, 2.45) is 0 Å². The van der Waals surface area contributed by atoms with E-state index in [0.717, 1.165) is 71.3 Å². The SMILES string of the molecule is [C-]#[N+]c1ccccc1-c1c2ccccc2c(-c2cccc3c2oc2ccc(-c4c5ccccc5c(-c5ccccc5)c5ccccc45)cc23)c2ccccc12. The summed E-state index contributed by atoms with van der Waals surface area (Å²) in [4.78, 5) is 3.92. The summed E-state index contributed by atoms with van der Waals surface area (Å²) in [5.41, 5.74) is 11.5. The van der Waals surface area contributed by atoms with Crippen molar-refractivity contribution in [3.63, 3.8) is 0 Å². The molecule has 11 aromatic rings. The third-order valence-corrected chi connectivity index (χ3v) is 11.3. The van der Waals surface area contributed by atoms with Gasteiger partial charge in [0.05, 0.1) is 6.57 Å². The zero-order chi connectivity index (χ0) is 36.5. The molecule has 0 saturated heterocycles.